The van der Waals surface area contributed by atoms with E-state index in [9.17, 15) is 17.6 Å². The highest BCUT2D eigenvalue weighted by Crippen LogP contribution is 2.00. The van der Waals surface area contributed by atoms with Crippen LogP contribution in [0.1, 0.15) is 6.92 Å². The van der Waals surface area contributed by atoms with Crippen molar-refractivity contribution >= 4 is 15.7 Å². The van der Waals surface area contributed by atoms with Crippen molar-refractivity contribution in [3.63, 3.8) is 0 Å². The van der Waals surface area contributed by atoms with Crippen LogP contribution in [-0.4, -0.2) is 25.6 Å². The van der Waals surface area contributed by atoms with Gasteiger partial charge in [-0.1, -0.05) is 0 Å². The molecule has 0 fully saturated rings. The van der Waals surface area contributed by atoms with Gasteiger partial charge in [-0.15, -0.1) is 0 Å². The molecule has 0 spiro atoms. The van der Waals surface area contributed by atoms with Gasteiger partial charge in [0.15, 0.2) is 15.8 Å². The lowest BCUT2D eigenvalue weighted by molar-refractivity contribution is -0.117. The van der Waals surface area contributed by atoms with E-state index in [2.05, 4.69) is 5.73 Å². The van der Waals surface area contributed by atoms with Gasteiger partial charge in [-0.05, 0) is 6.92 Å². The predicted molar refractivity (Wildman–Crippen MR) is 33.6 cm³/mol. The minimum Gasteiger partial charge on any atom is -0.369 e. The minimum atomic E-state index is -3.94. The molecule has 2 N–H and O–H groups in total. The van der Waals surface area contributed by atoms with Gasteiger partial charge < -0.3 is 5.73 Å². The summed E-state index contributed by atoms with van der Waals surface area (Å²) in [6, 6.07) is -1.54. The third-order valence-corrected chi connectivity index (χ3v) is 2.71. The summed E-state index contributed by atoms with van der Waals surface area (Å²) >= 11 is 0. The van der Waals surface area contributed by atoms with E-state index in [1.54, 1.807) is 0 Å². The van der Waals surface area contributed by atoms with Crippen LogP contribution in [0.3, 0.4) is 0 Å². The molecule has 0 aliphatic rings. The number of hydrogen-bond donors (Lipinski definition) is 1. The Kier molecular flexibility index (Phi) is 2.77. The molecular formula is C4H8FNO3S. The molecule has 0 heterocycles. The minimum absolute atomic E-state index is 1.03. The quantitative estimate of drug-likeness (QED) is 0.601. The second kappa shape index (κ2) is 2.96. The van der Waals surface area contributed by atoms with Gasteiger partial charge in [-0.2, -0.15) is 0 Å². The van der Waals surface area contributed by atoms with Crippen LogP contribution >= 0.6 is 0 Å². The average molecular weight is 169 g/mol. The Morgan fingerprint density at radius 2 is 2.10 bits per heavy atom. The van der Waals surface area contributed by atoms with Crippen molar-refractivity contribution < 1.29 is 17.6 Å². The lowest BCUT2D eigenvalue weighted by Crippen LogP contribution is -2.33. The highest BCUT2D eigenvalue weighted by molar-refractivity contribution is 7.92. The van der Waals surface area contributed by atoms with E-state index < -0.39 is 27.0 Å². The first-order valence-electron chi connectivity index (χ1n) is 2.48. The Hall–Kier alpha value is -0.650. The normalized spacial score (nSPS) is 14.6. The van der Waals surface area contributed by atoms with E-state index in [0.717, 1.165) is 6.92 Å². The fourth-order valence-electron chi connectivity index (χ4n) is 0.271. The van der Waals surface area contributed by atoms with Crippen LogP contribution in [0.4, 0.5) is 4.39 Å². The number of sulfone groups is 1. The van der Waals surface area contributed by atoms with E-state index in [1.807, 2.05) is 0 Å². The van der Waals surface area contributed by atoms with E-state index in [4.69, 9.17) is 0 Å². The van der Waals surface area contributed by atoms with Gasteiger partial charge in [-0.3, -0.25) is 4.79 Å². The van der Waals surface area contributed by atoms with Crippen molar-refractivity contribution in [1.29, 1.82) is 0 Å². The third-order valence-electron chi connectivity index (χ3n) is 1.09. The zero-order valence-electron chi connectivity index (χ0n) is 5.37. The van der Waals surface area contributed by atoms with Crippen LogP contribution in [0, 0.1) is 0 Å². The number of alkyl halides is 1. The number of nitrogens with two attached hydrogens (primary N) is 1. The topological polar surface area (TPSA) is 77.2 Å². The van der Waals surface area contributed by atoms with E-state index in [1.165, 1.54) is 0 Å². The number of rotatable bonds is 3. The predicted octanol–water partition coefficient (Wildman–Crippen LogP) is -0.798. The van der Waals surface area contributed by atoms with Crippen molar-refractivity contribution in [1.82, 2.24) is 0 Å². The van der Waals surface area contributed by atoms with Gasteiger partial charge in [0.25, 0.3) is 0 Å². The van der Waals surface area contributed by atoms with Crippen molar-refractivity contribution in [2.45, 2.75) is 12.2 Å². The molecule has 0 aliphatic heterocycles. The first-order valence-corrected chi connectivity index (χ1v) is 4.20. The van der Waals surface area contributed by atoms with Crippen molar-refractivity contribution in [3.8, 4) is 0 Å². The standard InChI is InChI=1S/C4H8FNO3S/c1-3(4(6)7)10(8,9)2-5/h3H,2H2,1H3,(H2,6,7). The summed E-state index contributed by atoms with van der Waals surface area (Å²) in [5.74, 6) is -1.03. The summed E-state index contributed by atoms with van der Waals surface area (Å²) in [5.41, 5.74) is 4.61. The van der Waals surface area contributed by atoms with Gasteiger partial charge in [0.1, 0.15) is 5.25 Å². The van der Waals surface area contributed by atoms with E-state index in [0.29, 0.717) is 0 Å². The van der Waals surface area contributed by atoms with Gasteiger partial charge in [0.05, 0.1) is 0 Å². The first-order chi connectivity index (χ1) is 4.41. The zero-order chi connectivity index (χ0) is 8.36. The van der Waals surface area contributed by atoms with E-state index >= 15 is 0 Å². The molecule has 60 valence electrons. The van der Waals surface area contributed by atoms with Crippen LogP contribution in [-0.2, 0) is 14.6 Å². The van der Waals surface area contributed by atoms with Crippen LogP contribution < -0.4 is 5.73 Å². The Morgan fingerprint density at radius 1 is 1.70 bits per heavy atom. The summed E-state index contributed by atoms with van der Waals surface area (Å²) in [4.78, 5) is 10.2. The molecule has 0 bridgehead atoms. The molecule has 1 unspecified atom stereocenters. The maximum Gasteiger partial charge on any atom is 0.235 e. The third kappa shape index (κ3) is 1.94. The number of halogens is 1. The lowest BCUT2D eigenvalue weighted by atomic mass is 10.5. The average Bonchev–Trinajstić information content (AvgIpc) is 1.86. The van der Waals surface area contributed by atoms with Crippen molar-refractivity contribution in [2.75, 3.05) is 6.01 Å². The van der Waals surface area contributed by atoms with Crippen LogP contribution in [0.5, 0.6) is 0 Å². The lowest BCUT2D eigenvalue weighted by Gasteiger charge is -2.03. The highest BCUT2D eigenvalue weighted by Gasteiger charge is 2.25. The Morgan fingerprint density at radius 3 is 2.20 bits per heavy atom. The highest BCUT2D eigenvalue weighted by atomic mass is 32.2. The van der Waals surface area contributed by atoms with Gasteiger partial charge in [-0.25, -0.2) is 12.8 Å². The second-order valence-electron chi connectivity index (χ2n) is 1.82. The molecule has 10 heavy (non-hydrogen) atoms. The van der Waals surface area contributed by atoms with Crippen LogP contribution in [0.15, 0.2) is 0 Å². The largest absolute Gasteiger partial charge is 0.369 e. The Labute approximate surface area is 58.1 Å². The Balaban J connectivity index is 4.51. The summed E-state index contributed by atoms with van der Waals surface area (Å²) in [7, 11) is -3.94. The zero-order valence-corrected chi connectivity index (χ0v) is 6.19. The molecule has 6 heteroatoms. The molecule has 1 atom stereocenters. The fraction of sp³-hybridized carbons (Fsp3) is 0.750. The summed E-state index contributed by atoms with van der Waals surface area (Å²) in [6.07, 6.45) is 0. The molecule has 4 nitrogen and oxygen atoms in total. The first kappa shape index (κ1) is 9.35. The molecule has 0 saturated carbocycles. The van der Waals surface area contributed by atoms with Crippen LogP contribution in [0.2, 0.25) is 0 Å². The molecule has 0 aliphatic carbocycles. The molecule has 0 aromatic rings. The maximum atomic E-state index is 11.6. The van der Waals surface area contributed by atoms with Gasteiger partial charge in [0, 0.05) is 0 Å². The summed E-state index contributed by atoms with van der Waals surface area (Å²) < 4.78 is 32.5. The fourth-order valence-corrected chi connectivity index (χ4v) is 0.814. The molecule has 0 saturated heterocycles. The number of primary amides is 1. The van der Waals surface area contributed by atoms with Crippen molar-refractivity contribution in [2.24, 2.45) is 5.73 Å². The number of carbonyl (C=O) groups excluding carboxylic acids is 1. The van der Waals surface area contributed by atoms with Gasteiger partial charge >= 0.3 is 0 Å². The maximum absolute atomic E-state index is 11.6. The van der Waals surface area contributed by atoms with Gasteiger partial charge in [0.2, 0.25) is 5.91 Å². The molecular weight excluding hydrogens is 161 g/mol. The number of hydrogen-bond acceptors (Lipinski definition) is 3. The summed E-state index contributed by atoms with van der Waals surface area (Å²) in [5, 5.41) is -1.43. The van der Waals surface area contributed by atoms with E-state index in [-0.39, 0.29) is 0 Å². The molecule has 0 rings (SSSR count). The van der Waals surface area contributed by atoms with Crippen LogP contribution in [0.25, 0.3) is 0 Å². The smallest absolute Gasteiger partial charge is 0.235 e. The molecule has 0 radical (unpaired) electrons. The molecule has 0 aromatic heterocycles. The Bertz CT molecular complexity index is 223. The second-order valence-corrected chi connectivity index (χ2v) is 4.07. The SMILES string of the molecule is CC(C(N)=O)S(=O)(=O)CF. The number of carbonyl (C=O) groups is 1. The molecule has 0 aromatic carbocycles. The monoisotopic (exact) mass is 169 g/mol. The summed E-state index contributed by atoms with van der Waals surface area (Å²) in [6.45, 7) is 1.05. The van der Waals surface area contributed by atoms with Crippen molar-refractivity contribution in [3.05, 3.63) is 0 Å². The molecule has 1 amide bonds. The number of amides is 1.